The van der Waals surface area contributed by atoms with E-state index in [1.54, 1.807) is 6.33 Å². The molecule has 1 fully saturated rings. The second-order valence-electron chi connectivity index (χ2n) is 4.34. The molecule has 3 N–H and O–H groups in total. The van der Waals surface area contributed by atoms with Crippen molar-refractivity contribution in [1.29, 1.82) is 0 Å². The van der Waals surface area contributed by atoms with E-state index in [1.165, 1.54) is 19.3 Å². The normalized spacial score (nSPS) is 25.9. The summed E-state index contributed by atoms with van der Waals surface area (Å²) in [4.78, 5) is 7.03. The molecule has 0 aliphatic heterocycles. The summed E-state index contributed by atoms with van der Waals surface area (Å²) in [7, 11) is 0. The maximum Gasteiger partial charge on any atom is 0.0922 e. The van der Waals surface area contributed by atoms with Crippen molar-refractivity contribution in [3.05, 3.63) is 18.2 Å². The van der Waals surface area contributed by atoms with Crippen LogP contribution in [0.2, 0.25) is 0 Å². The highest BCUT2D eigenvalue weighted by Crippen LogP contribution is 2.30. The Kier molecular flexibility index (Phi) is 3.75. The summed E-state index contributed by atoms with van der Waals surface area (Å²) in [6.07, 6.45) is 7.24. The number of hydrogen-bond donors (Lipinski definition) is 3. The molecule has 0 amide bonds. The van der Waals surface area contributed by atoms with Gasteiger partial charge < -0.3 is 15.4 Å². The number of nitrogens with zero attached hydrogens (tertiary/aromatic N) is 1. The monoisotopic (exact) mass is 209 g/mol. The smallest absolute Gasteiger partial charge is 0.0922 e. The predicted octanol–water partition coefficient (Wildman–Crippen LogP) is 0.908. The van der Waals surface area contributed by atoms with E-state index in [1.807, 2.05) is 6.20 Å². The van der Waals surface area contributed by atoms with Crippen LogP contribution in [0, 0.1) is 11.8 Å². The number of aliphatic hydroxyl groups excluding tert-OH is 1. The first-order chi connectivity index (χ1) is 7.40. The van der Waals surface area contributed by atoms with Crippen LogP contribution in [0.3, 0.4) is 0 Å². The van der Waals surface area contributed by atoms with Crippen molar-refractivity contribution in [1.82, 2.24) is 15.3 Å². The van der Waals surface area contributed by atoms with Gasteiger partial charge in [0.2, 0.25) is 0 Å². The van der Waals surface area contributed by atoms with Crippen LogP contribution >= 0.6 is 0 Å². The minimum absolute atomic E-state index is 0.344. The Hall–Kier alpha value is -0.870. The zero-order valence-corrected chi connectivity index (χ0v) is 8.95. The zero-order valence-electron chi connectivity index (χ0n) is 8.95. The number of aromatic amines is 1. The fourth-order valence-corrected chi connectivity index (χ4v) is 2.40. The van der Waals surface area contributed by atoms with Crippen molar-refractivity contribution in [3.63, 3.8) is 0 Å². The summed E-state index contributed by atoms with van der Waals surface area (Å²) in [5, 5.41) is 12.6. The van der Waals surface area contributed by atoms with E-state index in [4.69, 9.17) is 0 Å². The lowest BCUT2D eigenvalue weighted by molar-refractivity contribution is 0.192. The van der Waals surface area contributed by atoms with Gasteiger partial charge in [-0.25, -0.2) is 4.98 Å². The van der Waals surface area contributed by atoms with Crippen LogP contribution in [0.25, 0.3) is 0 Å². The Bertz CT molecular complexity index is 273. The molecule has 2 unspecified atom stereocenters. The first-order valence-corrected chi connectivity index (χ1v) is 5.69. The Labute approximate surface area is 90.1 Å². The number of hydrogen-bond acceptors (Lipinski definition) is 3. The largest absolute Gasteiger partial charge is 0.396 e. The third-order valence-corrected chi connectivity index (χ3v) is 3.33. The standard InChI is InChI=1S/C11H19N3O/c15-7-10-3-1-2-9(10)4-12-5-11-6-13-8-14-11/h6,8-10,12,15H,1-5,7H2,(H,13,14). The van der Waals surface area contributed by atoms with Gasteiger partial charge in [-0.1, -0.05) is 6.42 Å². The van der Waals surface area contributed by atoms with E-state index in [-0.39, 0.29) is 0 Å². The van der Waals surface area contributed by atoms with E-state index in [0.717, 1.165) is 18.8 Å². The minimum atomic E-state index is 0.344. The second kappa shape index (κ2) is 5.28. The molecule has 0 spiro atoms. The number of imidazole rings is 1. The third-order valence-electron chi connectivity index (χ3n) is 3.33. The molecular formula is C11H19N3O. The summed E-state index contributed by atoms with van der Waals surface area (Å²) in [5.41, 5.74) is 1.12. The van der Waals surface area contributed by atoms with Gasteiger partial charge in [-0.3, -0.25) is 0 Å². The second-order valence-corrected chi connectivity index (χ2v) is 4.34. The molecule has 1 aromatic rings. The van der Waals surface area contributed by atoms with Gasteiger partial charge in [0.05, 0.1) is 6.33 Å². The molecule has 84 valence electrons. The van der Waals surface area contributed by atoms with E-state index < -0.39 is 0 Å². The predicted molar refractivity (Wildman–Crippen MR) is 58.2 cm³/mol. The molecule has 1 aliphatic carbocycles. The average Bonchev–Trinajstić information content (AvgIpc) is 2.88. The molecule has 1 heterocycles. The van der Waals surface area contributed by atoms with Crippen molar-refractivity contribution >= 4 is 0 Å². The Morgan fingerprint density at radius 3 is 3.07 bits per heavy atom. The SMILES string of the molecule is OCC1CCCC1CNCc1cnc[nH]1. The summed E-state index contributed by atoms with van der Waals surface area (Å²) >= 11 is 0. The molecule has 1 saturated carbocycles. The Morgan fingerprint density at radius 2 is 2.33 bits per heavy atom. The average molecular weight is 209 g/mol. The lowest BCUT2D eigenvalue weighted by Crippen LogP contribution is -2.26. The molecule has 1 aromatic heterocycles. The van der Waals surface area contributed by atoms with Gasteiger partial charge in [0.1, 0.15) is 0 Å². The maximum atomic E-state index is 9.18. The topological polar surface area (TPSA) is 60.9 Å². The Morgan fingerprint density at radius 1 is 1.47 bits per heavy atom. The summed E-state index contributed by atoms with van der Waals surface area (Å²) in [6, 6.07) is 0. The van der Waals surface area contributed by atoms with Crippen molar-refractivity contribution in [3.8, 4) is 0 Å². The van der Waals surface area contributed by atoms with Crippen LogP contribution in [0.1, 0.15) is 25.0 Å². The number of H-pyrrole nitrogens is 1. The van der Waals surface area contributed by atoms with Gasteiger partial charge in [-0.05, 0) is 31.2 Å². The van der Waals surface area contributed by atoms with Crippen molar-refractivity contribution < 1.29 is 5.11 Å². The van der Waals surface area contributed by atoms with Gasteiger partial charge in [-0.15, -0.1) is 0 Å². The third kappa shape index (κ3) is 2.79. The highest BCUT2D eigenvalue weighted by molar-refractivity contribution is 4.93. The number of nitrogens with one attached hydrogen (secondary N) is 2. The highest BCUT2D eigenvalue weighted by atomic mass is 16.3. The van der Waals surface area contributed by atoms with E-state index >= 15 is 0 Å². The van der Waals surface area contributed by atoms with Crippen LogP contribution in [0.4, 0.5) is 0 Å². The summed E-state index contributed by atoms with van der Waals surface area (Å²) < 4.78 is 0. The van der Waals surface area contributed by atoms with E-state index in [2.05, 4.69) is 15.3 Å². The molecule has 0 saturated heterocycles. The van der Waals surface area contributed by atoms with Crippen LogP contribution in [0.15, 0.2) is 12.5 Å². The van der Waals surface area contributed by atoms with Gasteiger partial charge in [-0.2, -0.15) is 0 Å². The van der Waals surface area contributed by atoms with Crippen molar-refractivity contribution in [2.75, 3.05) is 13.2 Å². The van der Waals surface area contributed by atoms with Crippen LogP contribution in [0.5, 0.6) is 0 Å². The molecule has 0 bridgehead atoms. The molecule has 15 heavy (non-hydrogen) atoms. The van der Waals surface area contributed by atoms with Crippen LogP contribution in [-0.4, -0.2) is 28.2 Å². The van der Waals surface area contributed by atoms with Crippen LogP contribution in [-0.2, 0) is 6.54 Å². The van der Waals surface area contributed by atoms with Gasteiger partial charge in [0, 0.05) is 25.0 Å². The number of aliphatic hydroxyl groups is 1. The van der Waals surface area contributed by atoms with Gasteiger partial charge in [0.25, 0.3) is 0 Å². The molecule has 2 rings (SSSR count). The van der Waals surface area contributed by atoms with Crippen LogP contribution < -0.4 is 5.32 Å². The fraction of sp³-hybridized carbons (Fsp3) is 0.727. The number of aromatic nitrogens is 2. The van der Waals surface area contributed by atoms with Crippen molar-refractivity contribution in [2.24, 2.45) is 11.8 Å². The highest BCUT2D eigenvalue weighted by Gasteiger charge is 2.25. The fourth-order valence-electron chi connectivity index (χ4n) is 2.40. The summed E-state index contributed by atoms with van der Waals surface area (Å²) in [5.74, 6) is 1.16. The number of rotatable bonds is 5. The Balaban J connectivity index is 1.69. The zero-order chi connectivity index (χ0) is 10.5. The van der Waals surface area contributed by atoms with Gasteiger partial charge >= 0.3 is 0 Å². The van der Waals surface area contributed by atoms with E-state index in [0.29, 0.717) is 18.4 Å². The molecule has 2 atom stereocenters. The molecule has 4 heteroatoms. The first-order valence-electron chi connectivity index (χ1n) is 5.69. The molecule has 4 nitrogen and oxygen atoms in total. The molecule has 1 aliphatic rings. The first kappa shape index (κ1) is 10.6. The molecular weight excluding hydrogens is 190 g/mol. The van der Waals surface area contributed by atoms with Crippen molar-refractivity contribution in [2.45, 2.75) is 25.8 Å². The molecule has 0 aromatic carbocycles. The lowest BCUT2D eigenvalue weighted by Gasteiger charge is -2.17. The quantitative estimate of drug-likeness (QED) is 0.675. The molecule has 0 radical (unpaired) electrons. The maximum absolute atomic E-state index is 9.18. The minimum Gasteiger partial charge on any atom is -0.396 e. The lowest BCUT2D eigenvalue weighted by atomic mass is 9.97. The van der Waals surface area contributed by atoms with Gasteiger partial charge in [0.15, 0.2) is 0 Å². The van der Waals surface area contributed by atoms with E-state index in [9.17, 15) is 5.11 Å². The summed E-state index contributed by atoms with van der Waals surface area (Å²) in [6.45, 7) is 2.19.